The summed E-state index contributed by atoms with van der Waals surface area (Å²) in [7, 11) is 0. The minimum atomic E-state index is -0.543. The third kappa shape index (κ3) is 3.97. The van der Waals surface area contributed by atoms with Gasteiger partial charge in [0.25, 0.3) is 0 Å². The summed E-state index contributed by atoms with van der Waals surface area (Å²) < 4.78 is 0. The van der Waals surface area contributed by atoms with Crippen LogP contribution in [0.25, 0.3) is 0 Å². The molecule has 0 aliphatic rings. The number of amides is 1. The van der Waals surface area contributed by atoms with Gasteiger partial charge in [-0.2, -0.15) is 0 Å². The molecule has 0 fully saturated rings. The van der Waals surface area contributed by atoms with Gasteiger partial charge in [-0.1, -0.05) is 0 Å². The number of carbonyl (C=O) groups is 1. The summed E-state index contributed by atoms with van der Waals surface area (Å²) in [4.78, 5) is 10.3. The fourth-order valence-electron chi connectivity index (χ4n) is 0.417. The normalized spacial score (nSPS) is 11.1. The fourth-order valence-corrected chi connectivity index (χ4v) is 0.417. The first-order valence-electron chi connectivity index (χ1n) is 2.73. The fraction of sp³-hybridized carbons (Fsp3) is 0.667. The molecule has 0 aliphatic carbocycles. The molecule has 0 rings (SSSR count). The lowest BCUT2D eigenvalue weighted by molar-refractivity contribution is -0.118. The van der Waals surface area contributed by atoms with Gasteiger partial charge in [0, 0.05) is 6.92 Å². The van der Waals surface area contributed by atoms with Crippen molar-refractivity contribution in [3.05, 3.63) is 6.92 Å². The molecule has 0 bridgehead atoms. The van der Waals surface area contributed by atoms with E-state index in [-0.39, 0.29) is 12.5 Å². The molecule has 53 valence electrons. The van der Waals surface area contributed by atoms with Crippen LogP contribution >= 0.6 is 0 Å². The van der Waals surface area contributed by atoms with Gasteiger partial charge < -0.3 is 10.4 Å². The molecule has 0 aromatic heterocycles. The number of rotatable bonds is 2. The lowest BCUT2D eigenvalue weighted by Crippen LogP contribution is -2.45. The van der Waals surface area contributed by atoms with Crippen LogP contribution < -0.4 is 5.32 Å². The lowest BCUT2D eigenvalue weighted by Gasteiger charge is -2.21. The zero-order valence-electron chi connectivity index (χ0n) is 5.77. The van der Waals surface area contributed by atoms with Crippen molar-refractivity contribution < 1.29 is 9.90 Å². The number of nitrogens with one attached hydrogen (secondary N) is 1. The summed E-state index contributed by atoms with van der Waals surface area (Å²) >= 11 is 0. The van der Waals surface area contributed by atoms with Crippen LogP contribution in [0.15, 0.2) is 0 Å². The summed E-state index contributed by atoms with van der Waals surface area (Å²) in [5.41, 5.74) is -0.543. The van der Waals surface area contributed by atoms with Crippen molar-refractivity contribution in [1.82, 2.24) is 5.32 Å². The molecule has 0 aromatic rings. The van der Waals surface area contributed by atoms with Gasteiger partial charge in [-0.15, -0.1) is 0 Å². The molecule has 1 radical (unpaired) electrons. The van der Waals surface area contributed by atoms with Crippen LogP contribution in [0.4, 0.5) is 0 Å². The summed E-state index contributed by atoms with van der Waals surface area (Å²) in [6.07, 6.45) is 0. The van der Waals surface area contributed by atoms with Crippen LogP contribution in [-0.4, -0.2) is 23.2 Å². The minimum Gasteiger partial charge on any atom is -0.394 e. The Labute approximate surface area is 55.1 Å². The highest BCUT2D eigenvalue weighted by molar-refractivity contribution is 5.80. The summed E-state index contributed by atoms with van der Waals surface area (Å²) in [5.74, 6) is -0.367. The molecule has 3 heteroatoms. The Bertz CT molecular complexity index is 110. The van der Waals surface area contributed by atoms with Crippen molar-refractivity contribution in [2.24, 2.45) is 0 Å². The van der Waals surface area contributed by atoms with Crippen LogP contribution in [0.3, 0.4) is 0 Å². The van der Waals surface area contributed by atoms with E-state index in [4.69, 9.17) is 5.11 Å². The molecular weight excluding hydrogens is 118 g/mol. The maximum absolute atomic E-state index is 10.3. The number of hydrogen-bond acceptors (Lipinski definition) is 2. The first-order chi connectivity index (χ1) is 3.98. The maximum Gasteiger partial charge on any atom is 0.221 e. The van der Waals surface area contributed by atoms with E-state index < -0.39 is 5.54 Å². The SMILES string of the molecule is [CH2]C(=O)NC(C)(C)CO. The predicted molar refractivity (Wildman–Crippen MR) is 34.7 cm³/mol. The van der Waals surface area contributed by atoms with Crippen molar-refractivity contribution in [3.63, 3.8) is 0 Å². The van der Waals surface area contributed by atoms with E-state index in [9.17, 15) is 4.79 Å². The lowest BCUT2D eigenvalue weighted by atomic mass is 10.1. The first-order valence-corrected chi connectivity index (χ1v) is 2.73. The van der Waals surface area contributed by atoms with Gasteiger partial charge >= 0.3 is 0 Å². The van der Waals surface area contributed by atoms with E-state index in [0.717, 1.165) is 0 Å². The minimum absolute atomic E-state index is 0.0751. The Kier molecular flexibility index (Phi) is 2.65. The summed E-state index contributed by atoms with van der Waals surface area (Å²) in [5, 5.41) is 11.1. The van der Waals surface area contributed by atoms with Crippen molar-refractivity contribution in [2.75, 3.05) is 6.61 Å². The van der Waals surface area contributed by atoms with Crippen LogP contribution in [0.5, 0.6) is 0 Å². The van der Waals surface area contributed by atoms with Crippen LogP contribution in [-0.2, 0) is 4.79 Å². The smallest absolute Gasteiger partial charge is 0.221 e. The zero-order chi connectivity index (χ0) is 7.49. The quantitative estimate of drug-likeness (QED) is 0.539. The highest BCUT2D eigenvalue weighted by Crippen LogP contribution is 1.97. The third-order valence-corrected chi connectivity index (χ3v) is 0.873. The standard InChI is InChI=1S/C6H12NO2/c1-5(9)7-6(2,3)4-8/h8H,1,4H2,2-3H3,(H,7,9). The largest absolute Gasteiger partial charge is 0.394 e. The third-order valence-electron chi connectivity index (χ3n) is 0.873. The van der Waals surface area contributed by atoms with Crippen LogP contribution in [0.1, 0.15) is 13.8 Å². The molecule has 0 atom stereocenters. The molecular formula is C6H12NO2. The number of aliphatic hydroxyl groups excluding tert-OH is 1. The molecule has 0 aromatic carbocycles. The highest BCUT2D eigenvalue weighted by atomic mass is 16.3. The molecule has 0 unspecified atom stereocenters. The molecule has 9 heavy (non-hydrogen) atoms. The van der Waals surface area contributed by atoms with Gasteiger partial charge in [0.05, 0.1) is 12.1 Å². The molecule has 0 heterocycles. The molecule has 3 nitrogen and oxygen atoms in total. The number of aliphatic hydroxyl groups is 1. The Morgan fingerprint density at radius 3 is 2.33 bits per heavy atom. The van der Waals surface area contributed by atoms with Crippen molar-refractivity contribution in [1.29, 1.82) is 0 Å². The van der Waals surface area contributed by atoms with Crippen molar-refractivity contribution >= 4 is 5.91 Å². The molecule has 0 aliphatic heterocycles. The second kappa shape index (κ2) is 2.82. The average molecular weight is 130 g/mol. The molecule has 2 N–H and O–H groups in total. The second-order valence-corrected chi connectivity index (χ2v) is 2.59. The Morgan fingerprint density at radius 1 is 1.78 bits per heavy atom. The van der Waals surface area contributed by atoms with E-state index >= 15 is 0 Å². The first kappa shape index (κ1) is 8.43. The van der Waals surface area contributed by atoms with Crippen LogP contribution in [0, 0.1) is 6.92 Å². The predicted octanol–water partition coefficient (Wildman–Crippen LogP) is -0.292. The van der Waals surface area contributed by atoms with Gasteiger partial charge in [0.15, 0.2) is 0 Å². The average Bonchev–Trinajstić information content (AvgIpc) is 1.63. The molecule has 0 spiro atoms. The van der Waals surface area contributed by atoms with Crippen molar-refractivity contribution in [2.45, 2.75) is 19.4 Å². The van der Waals surface area contributed by atoms with Gasteiger partial charge in [-0.3, -0.25) is 4.79 Å². The summed E-state index contributed by atoms with van der Waals surface area (Å²) in [6.45, 7) is 6.47. The molecule has 0 saturated carbocycles. The van der Waals surface area contributed by atoms with E-state index in [1.807, 2.05) is 0 Å². The molecule has 0 saturated heterocycles. The number of hydrogen-bond donors (Lipinski definition) is 2. The topological polar surface area (TPSA) is 49.3 Å². The van der Waals surface area contributed by atoms with Crippen molar-refractivity contribution in [3.8, 4) is 0 Å². The van der Waals surface area contributed by atoms with E-state index in [1.165, 1.54) is 0 Å². The zero-order valence-corrected chi connectivity index (χ0v) is 5.77. The molecule has 1 amide bonds. The van der Waals surface area contributed by atoms with Gasteiger partial charge in [0.2, 0.25) is 5.91 Å². The Hall–Kier alpha value is -0.570. The Morgan fingerprint density at radius 2 is 2.22 bits per heavy atom. The summed E-state index contributed by atoms with van der Waals surface area (Å²) in [6, 6.07) is 0. The maximum atomic E-state index is 10.3. The van der Waals surface area contributed by atoms with Gasteiger partial charge in [-0.05, 0) is 13.8 Å². The van der Waals surface area contributed by atoms with E-state index in [2.05, 4.69) is 12.2 Å². The van der Waals surface area contributed by atoms with E-state index in [1.54, 1.807) is 13.8 Å². The van der Waals surface area contributed by atoms with Gasteiger partial charge in [0.1, 0.15) is 0 Å². The Balaban J connectivity index is 3.71. The van der Waals surface area contributed by atoms with Crippen LogP contribution in [0.2, 0.25) is 0 Å². The second-order valence-electron chi connectivity index (χ2n) is 2.59. The van der Waals surface area contributed by atoms with E-state index in [0.29, 0.717) is 0 Å². The highest BCUT2D eigenvalue weighted by Gasteiger charge is 2.15. The van der Waals surface area contributed by atoms with Gasteiger partial charge in [-0.25, -0.2) is 0 Å². The monoisotopic (exact) mass is 130 g/mol. The number of carbonyl (C=O) groups excluding carboxylic acids is 1.